The summed E-state index contributed by atoms with van der Waals surface area (Å²) in [5.74, 6) is -0.232. The number of anilines is 1. The maximum atomic E-state index is 12.1. The minimum Gasteiger partial charge on any atom is -0.454 e. The van der Waals surface area contributed by atoms with Crippen LogP contribution in [-0.2, 0) is 16.1 Å². The third kappa shape index (κ3) is 4.29. The number of benzene rings is 1. The Morgan fingerprint density at radius 3 is 2.70 bits per heavy atom. The summed E-state index contributed by atoms with van der Waals surface area (Å²) >= 11 is 17.5. The first-order valence-corrected chi connectivity index (χ1v) is 8.62. The zero-order valence-electron chi connectivity index (χ0n) is 13.6. The van der Waals surface area contributed by atoms with Crippen molar-refractivity contribution >= 4 is 52.4 Å². The first-order valence-electron chi connectivity index (χ1n) is 7.49. The summed E-state index contributed by atoms with van der Waals surface area (Å²) in [6.45, 7) is -0.162. The van der Waals surface area contributed by atoms with E-state index in [1.165, 1.54) is 0 Å². The van der Waals surface area contributed by atoms with Crippen LogP contribution in [0, 0.1) is 0 Å². The molecule has 0 atom stereocenters. The fraction of sp³-hybridized carbons (Fsp3) is 0.188. The normalized spacial score (nSPS) is 12.0. The molecule has 2 heterocycles. The number of pyridine rings is 1. The Labute approximate surface area is 168 Å². The molecular formula is C16H12Cl3N3O5. The highest BCUT2D eigenvalue weighted by Crippen LogP contribution is 2.34. The Balaban J connectivity index is 1.54. The number of amides is 1. The molecule has 0 spiro atoms. The van der Waals surface area contributed by atoms with Gasteiger partial charge < -0.3 is 25.3 Å². The van der Waals surface area contributed by atoms with Crippen molar-refractivity contribution in [1.82, 2.24) is 10.3 Å². The molecule has 1 aromatic heterocycles. The number of halogens is 3. The van der Waals surface area contributed by atoms with Gasteiger partial charge in [0.15, 0.2) is 29.0 Å². The number of nitrogens with two attached hydrogens (primary N) is 1. The van der Waals surface area contributed by atoms with Gasteiger partial charge in [-0.25, -0.2) is 9.78 Å². The molecule has 3 rings (SSSR count). The molecule has 2 aromatic rings. The molecule has 0 radical (unpaired) electrons. The van der Waals surface area contributed by atoms with E-state index >= 15 is 0 Å². The van der Waals surface area contributed by atoms with Crippen molar-refractivity contribution in [3.8, 4) is 11.5 Å². The summed E-state index contributed by atoms with van der Waals surface area (Å²) in [5.41, 5.74) is 6.00. The highest BCUT2D eigenvalue weighted by atomic mass is 35.5. The smallest absolute Gasteiger partial charge is 0.359 e. The minimum atomic E-state index is -0.955. The van der Waals surface area contributed by atoms with E-state index in [0.29, 0.717) is 11.5 Å². The van der Waals surface area contributed by atoms with Gasteiger partial charge in [-0.15, -0.1) is 0 Å². The molecular weight excluding hydrogens is 421 g/mol. The number of carbonyl (C=O) groups excluding carboxylic acids is 2. The largest absolute Gasteiger partial charge is 0.454 e. The third-order valence-corrected chi connectivity index (χ3v) is 4.66. The number of rotatable bonds is 5. The van der Waals surface area contributed by atoms with Crippen molar-refractivity contribution in [2.75, 3.05) is 19.1 Å². The number of esters is 1. The summed E-state index contributed by atoms with van der Waals surface area (Å²) in [7, 11) is 0. The van der Waals surface area contributed by atoms with Crippen LogP contribution in [0.1, 0.15) is 16.1 Å². The fourth-order valence-corrected chi connectivity index (χ4v) is 2.75. The minimum absolute atomic E-state index is 0.0697. The average molecular weight is 433 g/mol. The van der Waals surface area contributed by atoms with Crippen LogP contribution in [0.2, 0.25) is 15.2 Å². The van der Waals surface area contributed by atoms with E-state index in [1.807, 2.05) is 0 Å². The van der Waals surface area contributed by atoms with Gasteiger partial charge in [-0.05, 0) is 17.7 Å². The van der Waals surface area contributed by atoms with Crippen LogP contribution >= 0.6 is 34.8 Å². The molecule has 1 aliphatic rings. The van der Waals surface area contributed by atoms with Gasteiger partial charge >= 0.3 is 5.97 Å². The summed E-state index contributed by atoms with van der Waals surface area (Å²) < 4.78 is 15.4. The lowest BCUT2D eigenvalue weighted by atomic mass is 10.2. The molecule has 11 heteroatoms. The zero-order valence-corrected chi connectivity index (χ0v) is 15.8. The second kappa shape index (κ2) is 8.08. The highest BCUT2D eigenvalue weighted by Gasteiger charge is 2.21. The van der Waals surface area contributed by atoms with E-state index in [0.717, 1.165) is 5.56 Å². The summed E-state index contributed by atoms with van der Waals surface area (Å²) in [4.78, 5) is 27.7. The van der Waals surface area contributed by atoms with Crippen LogP contribution in [0.4, 0.5) is 5.69 Å². The van der Waals surface area contributed by atoms with Crippen molar-refractivity contribution in [2.45, 2.75) is 6.54 Å². The molecule has 1 aliphatic heterocycles. The number of ether oxygens (including phenoxy) is 3. The Hall–Kier alpha value is -2.42. The lowest BCUT2D eigenvalue weighted by Crippen LogP contribution is -2.28. The molecule has 0 saturated heterocycles. The summed E-state index contributed by atoms with van der Waals surface area (Å²) in [6, 6.07) is 5.27. The maximum absolute atomic E-state index is 12.1. The van der Waals surface area contributed by atoms with Gasteiger partial charge in [0.25, 0.3) is 5.91 Å². The lowest BCUT2D eigenvalue weighted by molar-refractivity contribution is -0.124. The second-order valence-electron chi connectivity index (χ2n) is 5.33. The number of fused-ring (bicyclic) bond motifs is 1. The van der Waals surface area contributed by atoms with Gasteiger partial charge in [0.1, 0.15) is 5.02 Å². The van der Waals surface area contributed by atoms with Crippen LogP contribution in [0.15, 0.2) is 18.2 Å². The number of nitrogens with one attached hydrogen (secondary N) is 1. The van der Waals surface area contributed by atoms with E-state index in [-0.39, 0.29) is 39.9 Å². The Bertz CT molecular complexity index is 923. The van der Waals surface area contributed by atoms with Gasteiger partial charge in [-0.3, -0.25) is 4.79 Å². The quantitative estimate of drug-likeness (QED) is 0.552. The standard InChI is InChI=1S/C16H12Cl3N3O5/c17-11-13(20)12(18)15(19)22-14(11)16(24)25-5-10(23)21-4-7-1-2-8-9(3-7)27-6-26-8/h1-3H,4-6H2,(H2,20,22)(H,21,23). The predicted molar refractivity (Wildman–Crippen MR) is 98.4 cm³/mol. The number of hydrogen-bond donors (Lipinski definition) is 2. The van der Waals surface area contributed by atoms with Crippen molar-refractivity contribution in [3.63, 3.8) is 0 Å². The average Bonchev–Trinajstić information content (AvgIpc) is 3.13. The van der Waals surface area contributed by atoms with Gasteiger partial charge in [0, 0.05) is 6.54 Å². The number of nitrogens with zero attached hydrogens (tertiary/aromatic N) is 1. The van der Waals surface area contributed by atoms with Crippen LogP contribution in [0.25, 0.3) is 0 Å². The van der Waals surface area contributed by atoms with Crippen molar-refractivity contribution in [3.05, 3.63) is 44.7 Å². The number of carbonyl (C=O) groups is 2. The van der Waals surface area contributed by atoms with E-state index in [2.05, 4.69) is 10.3 Å². The molecule has 142 valence electrons. The SMILES string of the molecule is Nc1c(Cl)c(Cl)nc(C(=O)OCC(=O)NCc2ccc3c(c2)OCO3)c1Cl. The monoisotopic (exact) mass is 431 g/mol. The molecule has 1 amide bonds. The topological polar surface area (TPSA) is 113 Å². The van der Waals surface area contributed by atoms with Gasteiger partial charge in [-0.1, -0.05) is 40.9 Å². The van der Waals surface area contributed by atoms with E-state index < -0.39 is 18.5 Å². The van der Waals surface area contributed by atoms with Crippen molar-refractivity contribution in [1.29, 1.82) is 0 Å². The summed E-state index contributed by atoms with van der Waals surface area (Å²) in [6.07, 6.45) is 0. The Morgan fingerprint density at radius 2 is 1.93 bits per heavy atom. The maximum Gasteiger partial charge on any atom is 0.359 e. The van der Waals surface area contributed by atoms with Crippen LogP contribution < -0.4 is 20.5 Å². The zero-order chi connectivity index (χ0) is 19.6. The molecule has 0 unspecified atom stereocenters. The Morgan fingerprint density at radius 1 is 1.19 bits per heavy atom. The Kier molecular flexibility index (Phi) is 5.79. The molecule has 8 nitrogen and oxygen atoms in total. The van der Waals surface area contributed by atoms with E-state index in [4.69, 9.17) is 54.7 Å². The van der Waals surface area contributed by atoms with E-state index in [9.17, 15) is 9.59 Å². The second-order valence-corrected chi connectivity index (χ2v) is 6.45. The highest BCUT2D eigenvalue weighted by molar-refractivity contribution is 6.46. The third-order valence-electron chi connectivity index (χ3n) is 3.53. The predicted octanol–water partition coefficient (Wildman–Crippen LogP) is 2.83. The molecule has 0 bridgehead atoms. The van der Waals surface area contributed by atoms with Crippen LogP contribution in [0.5, 0.6) is 11.5 Å². The number of nitrogen functional groups attached to an aromatic ring is 1. The molecule has 0 saturated carbocycles. The molecule has 0 aliphatic carbocycles. The van der Waals surface area contributed by atoms with Gasteiger partial charge in [0.2, 0.25) is 6.79 Å². The van der Waals surface area contributed by atoms with Crippen molar-refractivity contribution < 1.29 is 23.8 Å². The molecule has 27 heavy (non-hydrogen) atoms. The van der Waals surface area contributed by atoms with Crippen LogP contribution in [-0.4, -0.2) is 30.3 Å². The first-order chi connectivity index (χ1) is 12.9. The molecule has 0 fully saturated rings. The summed E-state index contributed by atoms with van der Waals surface area (Å²) in [5, 5.41) is 2.14. The van der Waals surface area contributed by atoms with Gasteiger partial charge in [-0.2, -0.15) is 0 Å². The first kappa shape index (κ1) is 19.3. The fourth-order valence-electron chi connectivity index (χ4n) is 2.17. The van der Waals surface area contributed by atoms with Crippen LogP contribution in [0.3, 0.4) is 0 Å². The lowest BCUT2D eigenvalue weighted by Gasteiger charge is -2.10. The van der Waals surface area contributed by atoms with Gasteiger partial charge in [0.05, 0.1) is 10.7 Å². The van der Waals surface area contributed by atoms with Crippen molar-refractivity contribution in [2.24, 2.45) is 0 Å². The van der Waals surface area contributed by atoms with E-state index in [1.54, 1.807) is 18.2 Å². The number of aromatic nitrogens is 1. The number of hydrogen-bond acceptors (Lipinski definition) is 7. The molecule has 3 N–H and O–H groups in total. The molecule has 1 aromatic carbocycles.